The van der Waals surface area contributed by atoms with Crippen molar-refractivity contribution in [2.24, 2.45) is 20.5 Å². The summed E-state index contributed by atoms with van der Waals surface area (Å²) in [6, 6.07) is 28.4. The van der Waals surface area contributed by atoms with Gasteiger partial charge in [0.1, 0.15) is 0 Å². The molecule has 0 aliphatic rings. The van der Waals surface area contributed by atoms with Crippen molar-refractivity contribution in [2.75, 3.05) is 5.73 Å². The van der Waals surface area contributed by atoms with Crippen LogP contribution >= 0.6 is 0 Å². The quantitative estimate of drug-likeness (QED) is 0.152. The Morgan fingerprint density at radius 1 is 0.571 bits per heavy atom. The van der Waals surface area contributed by atoms with Crippen LogP contribution in [0.5, 0.6) is 0 Å². The molecule has 0 heterocycles. The summed E-state index contributed by atoms with van der Waals surface area (Å²) < 4.78 is 32.4. The molecule has 172 valence electrons. The van der Waals surface area contributed by atoms with E-state index in [-0.39, 0.29) is 4.90 Å². The first-order chi connectivity index (χ1) is 16.9. The van der Waals surface area contributed by atoms with E-state index in [1.807, 2.05) is 66.7 Å². The van der Waals surface area contributed by atoms with Crippen molar-refractivity contribution >= 4 is 60.1 Å². The van der Waals surface area contributed by atoms with Crippen molar-refractivity contribution in [1.29, 1.82) is 0 Å². The van der Waals surface area contributed by atoms with Gasteiger partial charge in [0.05, 0.1) is 27.6 Å². The fraction of sp³-hybridized carbons (Fsp3) is 0. The minimum Gasteiger partial charge on any atom is -0.398 e. The first-order valence-electron chi connectivity index (χ1n) is 10.6. The monoisotopic (exact) mass is 481 g/mol. The summed E-state index contributed by atoms with van der Waals surface area (Å²) in [6.07, 6.45) is 0. The number of anilines is 1. The number of azo groups is 2. The third-order valence-corrected chi connectivity index (χ3v) is 6.32. The molecule has 0 atom stereocenters. The maximum absolute atomic E-state index is 11.5. The van der Waals surface area contributed by atoms with Crippen LogP contribution < -0.4 is 5.73 Å². The highest BCUT2D eigenvalue weighted by atomic mass is 32.2. The standard InChI is InChI=1S/C26H19N5O3S/c27-23-12-13-24(21-11-10-18(16-22(21)23)35(32,33)34)30-31-26-15-14-25(19-8-4-5-9-20(19)26)29-28-17-6-2-1-3-7-17/h1-16H,27H2,(H,32,33,34). The Hall–Kier alpha value is -4.47. The van der Waals surface area contributed by atoms with Gasteiger partial charge in [0.2, 0.25) is 0 Å². The number of benzene rings is 5. The fourth-order valence-electron chi connectivity index (χ4n) is 3.74. The zero-order valence-electron chi connectivity index (χ0n) is 18.3. The Balaban J connectivity index is 1.55. The van der Waals surface area contributed by atoms with Crippen LogP contribution in [0.25, 0.3) is 21.5 Å². The van der Waals surface area contributed by atoms with Crippen molar-refractivity contribution in [1.82, 2.24) is 0 Å². The molecule has 0 spiro atoms. The SMILES string of the molecule is Nc1ccc(N=Nc2ccc(N=Nc3ccccc3)c3ccccc23)c2ccc(S(=O)(=O)O)cc12. The summed E-state index contributed by atoms with van der Waals surface area (Å²) in [5.74, 6) is 0. The second-order valence-corrected chi connectivity index (χ2v) is 9.16. The number of hydrogen-bond donors (Lipinski definition) is 2. The van der Waals surface area contributed by atoms with Crippen LogP contribution in [0, 0.1) is 0 Å². The van der Waals surface area contributed by atoms with Gasteiger partial charge in [-0.2, -0.15) is 13.5 Å². The van der Waals surface area contributed by atoms with Crippen LogP contribution in [0.3, 0.4) is 0 Å². The van der Waals surface area contributed by atoms with E-state index in [0.717, 1.165) is 16.5 Å². The lowest BCUT2D eigenvalue weighted by molar-refractivity contribution is 0.483. The largest absolute Gasteiger partial charge is 0.398 e. The van der Waals surface area contributed by atoms with Crippen LogP contribution in [0.2, 0.25) is 0 Å². The van der Waals surface area contributed by atoms with Crippen LogP contribution in [-0.4, -0.2) is 13.0 Å². The summed E-state index contributed by atoms with van der Waals surface area (Å²) in [5.41, 5.74) is 9.01. The predicted octanol–water partition coefficient (Wildman–Crippen LogP) is 7.65. The topological polar surface area (TPSA) is 130 Å². The molecule has 0 aliphatic heterocycles. The number of fused-ring (bicyclic) bond motifs is 2. The highest BCUT2D eigenvalue weighted by Gasteiger charge is 2.13. The molecule has 0 aromatic heterocycles. The van der Waals surface area contributed by atoms with Crippen LogP contribution in [0.1, 0.15) is 0 Å². The summed E-state index contributed by atoms with van der Waals surface area (Å²) in [7, 11) is -4.36. The van der Waals surface area contributed by atoms with Gasteiger partial charge in [-0.3, -0.25) is 4.55 Å². The third kappa shape index (κ3) is 4.63. The van der Waals surface area contributed by atoms with Crippen molar-refractivity contribution < 1.29 is 13.0 Å². The molecule has 0 saturated heterocycles. The molecule has 0 saturated carbocycles. The zero-order chi connectivity index (χ0) is 24.4. The maximum atomic E-state index is 11.5. The average Bonchev–Trinajstić information content (AvgIpc) is 2.87. The van der Waals surface area contributed by atoms with Gasteiger partial charge in [-0.25, -0.2) is 0 Å². The molecule has 8 nitrogen and oxygen atoms in total. The van der Waals surface area contributed by atoms with Crippen LogP contribution in [0.4, 0.5) is 28.4 Å². The lowest BCUT2D eigenvalue weighted by Gasteiger charge is -2.07. The number of nitrogens with zero attached hydrogens (tertiary/aromatic N) is 4. The van der Waals surface area contributed by atoms with E-state index in [4.69, 9.17) is 5.73 Å². The van der Waals surface area contributed by atoms with Crippen molar-refractivity contribution in [2.45, 2.75) is 4.90 Å². The number of hydrogen-bond acceptors (Lipinski definition) is 7. The molecule has 5 rings (SSSR count). The lowest BCUT2D eigenvalue weighted by atomic mass is 10.1. The minimum atomic E-state index is -4.36. The molecule has 9 heteroatoms. The van der Waals surface area contributed by atoms with Gasteiger partial charge in [-0.05, 0) is 48.5 Å². The molecule has 0 aliphatic carbocycles. The molecule has 0 radical (unpaired) electrons. The summed E-state index contributed by atoms with van der Waals surface area (Å²) in [4.78, 5) is -0.239. The van der Waals surface area contributed by atoms with Gasteiger partial charge >= 0.3 is 0 Å². The maximum Gasteiger partial charge on any atom is 0.294 e. The molecule has 5 aromatic carbocycles. The van der Waals surface area contributed by atoms with E-state index in [1.54, 1.807) is 18.2 Å². The van der Waals surface area contributed by atoms with E-state index in [1.165, 1.54) is 12.1 Å². The van der Waals surface area contributed by atoms with E-state index in [9.17, 15) is 13.0 Å². The zero-order valence-corrected chi connectivity index (χ0v) is 19.1. The van der Waals surface area contributed by atoms with Crippen molar-refractivity contribution in [3.05, 3.63) is 97.1 Å². The summed E-state index contributed by atoms with van der Waals surface area (Å²) in [6.45, 7) is 0. The molecule has 0 amide bonds. The Morgan fingerprint density at radius 3 is 1.69 bits per heavy atom. The van der Waals surface area contributed by atoms with Gasteiger partial charge in [0.25, 0.3) is 10.1 Å². The molecular formula is C26H19N5O3S. The van der Waals surface area contributed by atoms with Gasteiger partial charge < -0.3 is 5.73 Å². The highest BCUT2D eigenvalue weighted by molar-refractivity contribution is 7.85. The number of rotatable bonds is 5. The predicted molar refractivity (Wildman–Crippen MR) is 137 cm³/mol. The second-order valence-electron chi connectivity index (χ2n) is 7.74. The smallest absolute Gasteiger partial charge is 0.294 e. The Kier molecular flexibility index (Phi) is 5.77. The average molecular weight is 482 g/mol. The van der Waals surface area contributed by atoms with Crippen LogP contribution in [0.15, 0.2) is 122 Å². The fourth-order valence-corrected chi connectivity index (χ4v) is 4.24. The van der Waals surface area contributed by atoms with E-state index in [0.29, 0.717) is 33.5 Å². The second kappa shape index (κ2) is 9.05. The molecule has 3 N–H and O–H groups in total. The van der Waals surface area contributed by atoms with E-state index in [2.05, 4.69) is 20.5 Å². The highest BCUT2D eigenvalue weighted by Crippen LogP contribution is 2.37. The Bertz CT molecular complexity index is 1730. The van der Waals surface area contributed by atoms with Crippen molar-refractivity contribution in [3.8, 4) is 0 Å². The minimum absolute atomic E-state index is 0.239. The lowest BCUT2D eigenvalue weighted by Crippen LogP contribution is -1.98. The van der Waals surface area contributed by atoms with E-state index >= 15 is 0 Å². The van der Waals surface area contributed by atoms with Gasteiger partial charge in [0, 0.05) is 27.2 Å². The van der Waals surface area contributed by atoms with Gasteiger partial charge in [-0.1, -0.05) is 48.5 Å². The molecule has 0 unspecified atom stereocenters. The number of nitrogen functional groups attached to an aromatic ring is 1. The first-order valence-corrected chi connectivity index (χ1v) is 12.0. The molecule has 0 bridgehead atoms. The van der Waals surface area contributed by atoms with Gasteiger partial charge in [-0.15, -0.1) is 15.3 Å². The van der Waals surface area contributed by atoms with Gasteiger partial charge in [0.15, 0.2) is 0 Å². The Morgan fingerprint density at radius 2 is 1.09 bits per heavy atom. The van der Waals surface area contributed by atoms with Crippen LogP contribution in [-0.2, 0) is 10.1 Å². The third-order valence-electron chi connectivity index (χ3n) is 5.47. The van der Waals surface area contributed by atoms with Crippen molar-refractivity contribution in [3.63, 3.8) is 0 Å². The first kappa shape index (κ1) is 22.3. The Labute approximate surface area is 201 Å². The summed E-state index contributed by atoms with van der Waals surface area (Å²) in [5, 5.41) is 20.4. The molecule has 5 aromatic rings. The normalized spacial score (nSPS) is 12.3. The molecule has 0 fully saturated rings. The number of nitrogens with two attached hydrogens (primary N) is 1. The molecular weight excluding hydrogens is 462 g/mol. The van der Waals surface area contributed by atoms with E-state index < -0.39 is 10.1 Å². The molecule has 35 heavy (non-hydrogen) atoms. The summed E-state index contributed by atoms with van der Waals surface area (Å²) >= 11 is 0.